The van der Waals surface area contributed by atoms with Crippen molar-refractivity contribution < 1.29 is 4.65 Å². The van der Waals surface area contributed by atoms with E-state index in [1.165, 1.54) is 11.0 Å². The first-order valence-corrected chi connectivity index (χ1v) is 5.97. The zero-order valence-electron chi connectivity index (χ0n) is 11.6. The molecule has 0 aromatic heterocycles. The fraction of sp³-hybridized carbons (Fsp3) is 0.571. The summed E-state index contributed by atoms with van der Waals surface area (Å²) in [6, 6.07) is 0. The molecule has 0 bridgehead atoms. The molecular formula is C14H25BO. The summed E-state index contributed by atoms with van der Waals surface area (Å²) in [7, 11) is 0. The van der Waals surface area contributed by atoms with Crippen molar-refractivity contribution >= 4 is 6.92 Å². The molecule has 2 heteroatoms. The first kappa shape index (κ1) is 15.2. The van der Waals surface area contributed by atoms with Crippen LogP contribution < -0.4 is 0 Å². The molecule has 16 heavy (non-hydrogen) atoms. The fourth-order valence-corrected chi connectivity index (χ4v) is 1.12. The fourth-order valence-electron chi connectivity index (χ4n) is 1.12. The summed E-state index contributed by atoms with van der Waals surface area (Å²) >= 11 is 0. The van der Waals surface area contributed by atoms with E-state index in [-0.39, 0.29) is 12.5 Å². The maximum Gasteiger partial charge on any atom is 0.319 e. The second-order valence-corrected chi connectivity index (χ2v) is 4.90. The molecule has 0 aromatic carbocycles. The molecule has 0 aliphatic heterocycles. The van der Waals surface area contributed by atoms with Gasteiger partial charge in [-0.05, 0) is 34.1 Å². The number of hydrogen-bond acceptors (Lipinski definition) is 1. The third-order valence-corrected chi connectivity index (χ3v) is 2.92. The van der Waals surface area contributed by atoms with Crippen LogP contribution in [0.5, 0.6) is 0 Å². The summed E-state index contributed by atoms with van der Waals surface area (Å²) in [6.07, 6.45) is 7.05. The molecule has 90 valence electrons. The van der Waals surface area contributed by atoms with Crippen molar-refractivity contribution in [2.24, 2.45) is 0 Å². The number of hydrogen-bond donors (Lipinski definition) is 0. The Kier molecular flexibility index (Phi) is 6.43. The van der Waals surface area contributed by atoms with E-state index in [9.17, 15) is 0 Å². The van der Waals surface area contributed by atoms with Crippen LogP contribution in [0.15, 0.2) is 35.9 Å². The first-order valence-electron chi connectivity index (χ1n) is 5.97. The number of rotatable bonds is 6. The van der Waals surface area contributed by atoms with Crippen molar-refractivity contribution in [3.63, 3.8) is 0 Å². The number of allylic oxidation sites excluding steroid dienone is 5. The quantitative estimate of drug-likeness (QED) is 0.475. The van der Waals surface area contributed by atoms with Gasteiger partial charge in [-0.1, -0.05) is 49.6 Å². The molecule has 0 rings (SSSR count). The van der Waals surface area contributed by atoms with Gasteiger partial charge in [0.1, 0.15) is 0 Å². The minimum absolute atomic E-state index is 0.0499. The van der Waals surface area contributed by atoms with Gasteiger partial charge in [0, 0.05) is 5.60 Å². The molecule has 0 saturated carbocycles. The van der Waals surface area contributed by atoms with Crippen LogP contribution in [0.2, 0.25) is 6.82 Å². The Morgan fingerprint density at radius 3 is 2.31 bits per heavy atom. The lowest BCUT2D eigenvalue weighted by molar-refractivity contribution is 0.106. The second-order valence-electron chi connectivity index (χ2n) is 4.90. The zero-order chi connectivity index (χ0) is 12.8. The SMILES string of the molecule is C=CC(C)=CC=C(C)B(C)OC(C)(C)CC. The second kappa shape index (κ2) is 6.75. The maximum atomic E-state index is 5.99. The van der Waals surface area contributed by atoms with Crippen molar-refractivity contribution in [2.75, 3.05) is 0 Å². The van der Waals surface area contributed by atoms with Crippen LogP contribution in [-0.4, -0.2) is 12.5 Å². The summed E-state index contributed by atoms with van der Waals surface area (Å²) in [5, 5.41) is 0. The van der Waals surface area contributed by atoms with Gasteiger partial charge in [0.25, 0.3) is 0 Å². The van der Waals surface area contributed by atoms with E-state index in [1.807, 2.05) is 13.0 Å². The zero-order valence-corrected chi connectivity index (χ0v) is 11.6. The van der Waals surface area contributed by atoms with Gasteiger partial charge in [0.05, 0.1) is 0 Å². The van der Waals surface area contributed by atoms with Gasteiger partial charge in [-0.2, -0.15) is 0 Å². The molecule has 0 amide bonds. The minimum Gasteiger partial charge on any atom is -0.427 e. The topological polar surface area (TPSA) is 9.23 Å². The van der Waals surface area contributed by atoms with Crippen LogP contribution >= 0.6 is 0 Å². The molecule has 0 saturated heterocycles. The third kappa shape index (κ3) is 5.97. The highest BCUT2D eigenvalue weighted by Gasteiger charge is 2.22. The highest BCUT2D eigenvalue weighted by atomic mass is 16.5. The van der Waals surface area contributed by atoms with Gasteiger partial charge in [-0.25, -0.2) is 0 Å². The van der Waals surface area contributed by atoms with E-state index in [2.05, 4.69) is 53.2 Å². The van der Waals surface area contributed by atoms with Crippen LogP contribution in [0.1, 0.15) is 41.0 Å². The van der Waals surface area contributed by atoms with E-state index in [0.717, 1.165) is 6.42 Å². The molecule has 0 heterocycles. The molecule has 0 unspecified atom stereocenters. The van der Waals surface area contributed by atoms with Crippen molar-refractivity contribution in [3.8, 4) is 0 Å². The molecule has 0 aliphatic carbocycles. The molecule has 1 nitrogen and oxygen atoms in total. The van der Waals surface area contributed by atoms with Gasteiger partial charge in [-0.3, -0.25) is 0 Å². The van der Waals surface area contributed by atoms with Crippen molar-refractivity contribution in [2.45, 2.75) is 53.5 Å². The molecular weight excluding hydrogens is 195 g/mol. The third-order valence-electron chi connectivity index (χ3n) is 2.92. The van der Waals surface area contributed by atoms with Crippen LogP contribution in [0.25, 0.3) is 0 Å². The summed E-state index contributed by atoms with van der Waals surface area (Å²) in [5.41, 5.74) is 2.36. The predicted octanol–water partition coefficient (Wildman–Crippen LogP) is 4.43. The largest absolute Gasteiger partial charge is 0.427 e. The predicted molar refractivity (Wildman–Crippen MR) is 74.8 cm³/mol. The standard InChI is InChI=1S/C14H25BO/c1-8-12(3)10-11-13(4)15(7)16-14(5,6)9-2/h8,10-11H,1,9H2,2-7H3. The van der Waals surface area contributed by atoms with Crippen molar-refractivity contribution in [1.82, 2.24) is 0 Å². The average Bonchev–Trinajstić information content (AvgIpc) is 2.24. The van der Waals surface area contributed by atoms with Gasteiger partial charge < -0.3 is 4.65 Å². The first-order chi connectivity index (χ1) is 7.32. The van der Waals surface area contributed by atoms with Crippen LogP contribution in [-0.2, 0) is 4.65 Å². The summed E-state index contributed by atoms with van der Waals surface area (Å²) < 4.78 is 5.99. The molecule has 0 N–H and O–H groups in total. The van der Waals surface area contributed by atoms with Crippen molar-refractivity contribution in [3.05, 3.63) is 35.9 Å². The van der Waals surface area contributed by atoms with E-state index >= 15 is 0 Å². The molecule has 0 radical (unpaired) electrons. The lowest BCUT2D eigenvalue weighted by atomic mass is 9.62. The Morgan fingerprint density at radius 1 is 1.31 bits per heavy atom. The maximum absolute atomic E-state index is 5.99. The summed E-state index contributed by atoms with van der Waals surface area (Å²) in [5.74, 6) is 0. The lowest BCUT2D eigenvalue weighted by Crippen LogP contribution is -2.31. The highest BCUT2D eigenvalue weighted by Crippen LogP contribution is 2.17. The summed E-state index contributed by atoms with van der Waals surface area (Å²) in [4.78, 5) is 0. The molecule has 0 aromatic rings. The summed E-state index contributed by atoms with van der Waals surface area (Å²) in [6.45, 7) is 16.5. The van der Waals surface area contributed by atoms with Crippen molar-refractivity contribution in [1.29, 1.82) is 0 Å². The Balaban J connectivity index is 4.50. The van der Waals surface area contributed by atoms with Gasteiger partial charge >= 0.3 is 6.92 Å². The Morgan fingerprint density at radius 2 is 1.88 bits per heavy atom. The monoisotopic (exact) mass is 220 g/mol. The van der Waals surface area contributed by atoms with E-state index < -0.39 is 0 Å². The lowest BCUT2D eigenvalue weighted by Gasteiger charge is -2.27. The molecule has 0 aliphatic rings. The van der Waals surface area contributed by atoms with Crippen LogP contribution in [0, 0.1) is 0 Å². The normalized spacial score (nSPS) is 13.9. The van der Waals surface area contributed by atoms with E-state index in [0.29, 0.717) is 0 Å². The van der Waals surface area contributed by atoms with E-state index in [4.69, 9.17) is 4.65 Å². The Bertz CT molecular complexity index is 287. The van der Waals surface area contributed by atoms with Gasteiger partial charge in [-0.15, -0.1) is 0 Å². The molecule has 0 atom stereocenters. The average molecular weight is 220 g/mol. The van der Waals surface area contributed by atoms with Crippen LogP contribution in [0.4, 0.5) is 0 Å². The van der Waals surface area contributed by atoms with Gasteiger partial charge in [0.15, 0.2) is 0 Å². The van der Waals surface area contributed by atoms with Crippen LogP contribution in [0.3, 0.4) is 0 Å². The Hall–Kier alpha value is -0.755. The smallest absolute Gasteiger partial charge is 0.319 e. The Labute approximate surface area is 101 Å². The van der Waals surface area contributed by atoms with E-state index in [1.54, 1.807) is 0 Å². The van der Waals surface area contributed by atoms with Gasteiger partial charge in [0.2, 0.25) is 0 Å². The minimum atomic E-state index is -0.0499. The molecule has 0 fully saturated rings. The molecule has 0 spiro atoms. The highest BCUT2D eigenvalue weighted by molar-refractivity contribution is 6.58.